The standard InChI is InChI=1S/C13H19ClN2O3/c14-12-3-1-11(2-4-12)9-15-13(19)10-16(5-7-17)6-8-18/h1-4,17-18H,5-10H2,(H,15,19). The molecule has 0 aliphatic carbocycles. The summed E-state index contributed by atoms with van der Waals surface area (Å²) in [5.41, 5.74) is 0.966. The maximum atomic E-state index is 11.7. The molecule has 0 aliphatic heterocycles. The average Bonchev–Trinajstić information content (AvgIpc) is 2.39. The molecule has 1 amide bonds. The maximum absolute atomic E-state index is 11.7. The van der Waals surface area contributed by atoms with E-state index in [1.54, 1.807) is 17.0 Å². The van der Waals surface area contributed by atoms with E-state index in [0.717, 1.165) is 5.56 Å². The summed E-state index contributed by atoms with van der Waals surface area (Å²) in [6, 6.07) is 7.24. The molecule has 0 unspecified atom stereocenters. The Bertz CT molecular complexity index is 378. The SMILES string of the molecule is O=C(CN(CCO)CCO)NCc1ccc(Cl)cc1. The van der Waals surface area contributed by atoms with E-state index in [4.69, 9.17) is 21.8 Å². The number of carbonyl (C=O) groups excluding carboxylic acids is 1. The molecular formula is C13H19ClN2O3. The Morgan fingerprint density at radius 3 is 2.26 bits per heavy atom. The summed E-state index contributed by atoms with van der Waals surface area (Å²) in [4.78, 5) is 13.4. The second-order valence-corrected chi connectivity index (χ2v) is 4.56. The second kappa shape index (κ2) is 8.87. The van der Waals surface area contributed by atoms with Gasteiger partial charge in [-0.2, -0.15) is 0 Å². The van der Waals surface area contributed by atoms with E-state index in [2.05, 4.69) is 5.32 Å². The van der Waals surface area contributed by atoms with Crippen LogP contribution < -0.4 is 5.32 Å². The van der Waals surface area contributed by atoms with E-state index < -0.39 is 0 Å². The van der Waals surface area contributed by atoms with E-state index in [1.807, 2.05) is 12.1 Å². The number of hydrogen-bond acceptors (Lipinski definition) is 4. The van der Waals surface area contributed by atoms with Gasteiger partial charge < -0.3 is 15.5 Å². The quantitative estimate of drug-likeness (QED) is 0.640. The summed E-state index contributed by atoms with van der Waals surface area (Å²) in [6.07, 6.45) is 0. The van der Waals surface area contributed by atoms with Gasteiger partial charge in [0.15, 0.2) is 0 Å². The van der Waals surface area contributed by atoms with Crippen molar-refractivity contribution in [3.8, 4) is 0 Å². The summed E-state index contributed by atoms with van der Waals surface area (Å²) in [6.45, 7) is 1.26. The van der Waals surface area contributed by atoms with Gasteiger partial charge in [-0.3, -0.25) is 9.69 Å². The number of rotatable bonds is 8. The highest BCUT2D eigenvalue weighted by molar-refractivity contribution is 6.30. The molecule has 0 aliphatic rings. The Morgan fingerprint density at radius 1 is 1.16 bits per heavy atom. The molecule has 0 saturated heterocycles. The molecule has 0 fully saturated rings. The lowest BCUT2D eigenvalue weighted by molar-refractivity contribution is -0.122. The van der Waals surface area contributed by atoms with Crippen LogP contribution >= 0.6 is 11.6 Å². The number of nitrogens with zero attached hydrogens (tertiary/aromatic N) is 1. The van der Waals surface area contributed by atoms with Crippen LogP contribution in [0.5, 0.6) is 0 Å². The topological polar surface area (TPSA) is 72.8 Å². The Labute approximate surface area is 117 Å². The molecule has 1 aromatic carbocycles. The molecule has 5 nitrogen and oxygen atoms in total. The van der Waals surface area contributed by atoms with Crippen LogP contribution in [0.15, 0.2) is 24.3 Å². The van der Waals surface area contributed by atoms with Crippen molar-refractivity contribution in [1.82, 2.24) is 10.2 Å². The zero-order valence-electron chi connectivity index (χ0n) is 10.7. The molecule has 1 rings (SSSR count). The highest BCUT2D eigenvalue weighted by Gasteiger charge is 2.09. The van der Waals surface area contributed by atoms with Gasteiger partial charge in [0.05, 0.1) is 19.8 Å². The highest BCUT2D eigenvalue weighted by atomic mass is 35.5. The first kappa shape index (κ1) is 15.9. The Balaban J connectivity index is 2.35. The number of hydrogen-bond donors (Lipinski definition) is 3. The van der Waals surface area contributed by atoms with Crippen LogP contribution in [0.1, 0.15) is 5.56 Å². The Morgan fingerprint density at radius 2 is 1.74 bits per heavy atom. The van der Waals surface area contributed by atoms with Crippen LogP contribution in [0.2, 0.25) is 5.02 Å². The lowest BCUT2D eigenvalue weighted by Gasteiger charge is -2.19. The van der Waals surface area contributed by atoms with Crippen molar-refractivity contribution in [3.63, 3.8) is 0 Å². The van der Waals surface area contributed by atoms with Gasteiger partial charge in [-0.15, -0.1) is 0 Å². The van der Waals surface area contributed by atoms with Crippen molar-refractivity contribution < 1.29 is 15.0 Å². The van der Waals surface area contributed by atoms with Crippen LogP contribution in [0.3, 0.4) is 0 Å². The van der Waals surface area contributed by atoms with Crippen molar-refractivity contribution in [3.05, 3.63) is 34.9 Å². The number of aliphatic hydroxyl groups is 2. The predicted molar refractivity (Wildman–Crippen MR) is 73.9 cm³/mol. The number of aliphatic hydroxyl groups excluding tert-OH is 2. The molecule has 0 saturated carbocycles. The molecule has 3 N–H and O–H groups in total. The van der Waals surface area contributed by atoms with Crippen LogP contribution in [0, 0.1) is 0 Å². The lowest BCUT2D eigenvalue weighted by Crippen LogP contribution is -2.39. The van der Waals surface area contributed by atoms with Crippen LogP contribution in [-0.2, 0) is 11.3 Å². The van der Waals surface area contributed by atoms with Gasteiger partial charge in [0.2, 0.25) is 5.91 Å². The van der Waals surface area contributed by atoms with Gasteiger partial charge in [-0.25, -0.2) is 0 Å². The number of benzene rings is 1. The molecule has 6 heteroatoms. The van der Waals surface area contributed by atoms with Gasteiger partial charge in [0.1, 0.15) is 0 Å². The van der Waals surface area contributed by atoms with Gasteiger partial charge in [-0.05, 0) is 17.7 Å². The molecule has 0 bridgehead atoms. The van der Waals surface area contributed by atoms with E-state index in [1.165, 1.54) is 0 Å². The minimum Gasteiger partial charge on any atom is -0.395 e. The van der Waals surface area contributed by atoms with Crippen LogP contribution in [0.25, 0.3) is 0 Å². The van der Waals surface area contributed by atoms with Gasteiger partial charge in [-0.1, -0.05) is 23.7 Å². The normalized spacial score (nSPS) is 10.7. The molecule has 0 spiro atoms. The Hall–Kier alpha value is -1.14. The van der Waals surface area contributed by atoms with Crippen molar-refractivity contribution in [2.75, 3.05) is 32.8 Å². The number of amides is 1. The largest absolute Gasteiger partial charge is 0.395 e. The van der Waals surface area contributed by atoms with Gasteiger partial charge >= 0.3 is 0 Å². The lowest BCUT2D eigenvalue weighted by atomic mass is 10.2. The smallest absolute Gasteiger partial charge is 0.234 e. The maximum Gasteiger partial charge on any atom is 0.234 e. The zero-order chi connectivity index (χ0) is 14.1. The average molecular weight is 287 g/mol. The molecular weight excluding hydrogens is 268 g/mol. The molecule has 1 aromatic rings. The minimum atomic E-state index is -0.142. The van der Waals surface area contributed by atoms with Crippen molar-refractivity contribution in [1.29, 1.82) is 0 Å². The van der Waals surface area contributed by atoms with E-state index in [0.29, 0.717) is 24.7 Å². The summed E-state index contributed by atoms with van der Waals surface area (Å²) in [7, 11) is 0. The summed E-state index contributed by atoms with van der Waals surface area (Å²) < 4.78 is 0. The first-order valence-electron chi connectivity index (χ1n) is 6.11. The highest BCUT2D eigenvalue weighted by Crippen LogP contribution is 2.08. The number of halogens is 1. The molecule has 0 heterocycles. The molecule has 0 atom stereocenters. The third-order valence-corrected chi connectivity index (χ3v) is 2.85. The first-order valence-corrected chi connectivity index (χ1v) is 6.48. The fourth-order valence-electron chi connectivity index (χ4n) is 1.61. The van der Waals surface area contributed by atoms with Gasteiger partial charge in [0, 0.05) is 24.7 Å². The van der Waals surface area contributed by atoms with Crippen LogP contribution in [-0.4, -0.2) is 53.9 Å². The Kier molecular flexibility index (Phi) is 7.43. The van der Waals surface area contributed by atoms with Crippen molar-refractivity contribution >= 4 is 17.5 Å². The molecule has 0 aromatic heterocycles. The van der Waals surface area contributed by atoms with Gasteiger partial charge in [0.25, 0.3) is 0 Å². The number of nitrogens with one attached hydrogen (secondary N) is 1. The van der Waals surface area contributed by atoms with E-state index >= 15 is 0 Å². The van der Waals surface area contributed by atoms with E-state index in [-0.39, 0.29) is 25.7 Å². The summed E-state index contributed by atoms with van der Waals surface area (Å²) in [5.74, 6) is -0.142. The zero-order valence-corrected chi connectivity index (χ0v) is 11.4. The summed E-state index contributed by atoms with van der Waals surface area (Å²) in [5, 5.41) is 21.1. The summed E-state index contributed by atoms with van der Waals surface area (Å²) >= 11 is 5.77. The van der Waals surface area contributed by atoms with Crippen LogP contribution in [0.4, 0.5) is 0 Å². The van der Waals surface area contributed by atoms with Crippen molar-refractivity contribution in [2.45, 2.75) is 6.54 Å². The predicted octanol–water partition coefficient (Wildman–Crippen LogP) is 0.243. The fraction of sp³-hybridized carbons (Fsp3) is 0.462. The molecule has 0 radical (unpaired) electrons. The molecule has 19 heavy (non-hydrogen) atoms. The first-order chi connectivity index (χ1) is 9.15. The second-order valence-electron chi connectivity index (χ2n) is 4.13. The van der Waals surface area contributed by atoms with E-state index in [9.17, 15) is 4.79 Å². The third-order valence-electron chi connectivity index (χ3n) is 2.60. The third kappa shape index (κ3) is 6.54. The van der Waals surface area contributed by atoms with Crippen molar-refractivity contribution in [2.24, 2.45) is 0 Å². The minimum absolute atomic E-state index is 0.0372. The fourth-order valence-corrected chi connectivity index (χ4v) is 1.74. The number of carbonyl (C=O) groups is 1. The molecule has 106 valence electrons. The monoisotopic (exact) mass is 286 g/mol.